The van der Waals surface area contributed by atoms with Crippen LogP contribution in [-0.4, -0.2) is 25.7 Å². The molecular formula is C30H32ClNO3. The number of anilines is 1. The zero-order valence-electron chi connectivity index (χ0n) is 21.2. The number of rotatable bonds is 5. The molecule has 0 aliphatic carbocycles. The third-order valence-corrected chi connectivity index (χ3v) is 7.16. The first-order valence-electron chi connectivity index (χ1n) is 11.7. The molecule has 1 aliphatic rings. The minimum atomic E-state index is -0.421. The zero-order valence-corrected chi connectivity index (χ0v) is 21.9. The monoisotopic (exact) mass is 489 g/mol. The highest BCUT2D eigenvalue weighted by Crippen LogP contribution is 2.50. The van der Waals surface area contributed by atoms with Gasteiger partial charge >= 0.3 is 0 Å². The van der Waals surface area contributed by atoms with E-state index in [1.54, 1.807) is 20.3 Å². The van der Waals surface area contributed by atoms with Crippen molar-refractivity contribution in [2.75, 3.05) is 19.1 Å². The lowest BCUT2D eigenvalue weighted by molar-refractivity contribution is -0.115. The van der Waals surface area contributed by atoms with Gasteiger partial charge in [0.25, 0.3) is 5.91 Å². The maximum Gasteiger partial charge on any atom is 0.251 e. The maximum atomic E-state index is 13.7. The fourth-order valence-electron chi connectivity index (χ4n) is 5.34. The molecule has 0 fully saturated rings. The van der Waals surface area contributed by atoms with Gasteiger partial charge in [0, 0.05) is 27.7 Å². The lowest BCUT2D eigenvalue weighted by Crippen LogP contribution is -2.55. The van der Waals surface area contributed by atoms with Gasteiger partial charge in [0.05, 0.1) is 14.2 Å². The van der Waals surface area contributed by atoms with E-state index >= 15 is 0 Å². The normalized spacial score (nSPS) is 18.9. The smallest absolute Gasteiger partial charge is 0.251 e. The van der Waals surface area contributed by atoms with Gasteiger partial charge in [0.1, 0.15) is 0 Å². The topological polar surface area (TPSA) is 38.8 Å². The number of nitrogens with zero attached hydrogens (tertiary/aromatic N) is 1. The molecule has 35 heavy (non-hydrogen) atoms. The second kappa shape index (κ2) is 9.43. The first kappa shape index (κ1) is 24.9. The minimum absolute atomic E-state index is 0.0620. The van der Waals surface area contributed by atoms with Gasteiger partial charge < -0.3 is 14.4 Å². The molecule has 3 aromatic carbocycles. The summed E-state index contributed by atoms with van der Waals surface area (Å²) < 4.78 is 10.7. The summed E-state index contributed by atoms with van der Waals surface area (Å²) in [4.78, 5) is 15.6. The molecule has 0 bridgehead atoms. The maximum absolute atomic E-state index is 13.7. The Labute approximate surface area is 213 Å². The molecule has 1 heterocycles. The summed E-state index contributed by atoms with van der Waals surface area (Å²) in [6.45, 7) is 8.61. The van der Waals surface area contributed by atoms with Crippen LogP contribution in [0.4, 0.5) is 5.69 Å². The standard InChI is InChI=1S/C30H32ClNO3/c1-20-7-14-25-24(17-20)30(4,22-10-12-23(31)13-11-22)19-29(2,3)32(25)28(33)16-9-21-8-15-26(34-5)27(18-21)35-6/h7-18H,19H2,1-6H3/b16-9-/t30-/m1/s1. The average Bonchev–Trinajstić information content (AvgIpc) is 2.82. The molecule has 0 radical (unpaired) electrons. The molecular weight excluding hydrogens is 458 g/mol. The van der Waals surface area contributed by atoms with Gasteiger partial charge in [-0.2, -0.15) is 0 Å². The highest BCUT2D eigenvalue weighted by Gasteiger charge is 2.47. The summed E-state index contributed by atoms with van der Waals surface area (Å²) >= 11 is 6.19. The zero-order chi connectivity index (χ0) is 25.4. The Morgan fingerprint density at radius 1 is 0.943 bits per heavy atom. The molecule has 3 aromatic rings. The molecule has 0 saturated heterocycles. The Hall–Kier alpha value is -3.24. The van der Waals surface area contributed by atoms with E-state index in [-0.39, 0.29) is 11.3 Å². The largest absolute Gasteiger partial charge is 0.493 e. The van der Waals surface area contributed by atoms with E-state index in [9.17, 15) is 4.79 Å². The van der Waals surface area contributed by atoms with Gasteiger partial charge in [0.2, 0.25) is 0 Å². The van der Waals surface area contributed by atoms with Gasteiger partial charge in [-0.15, -0.1) is 0 Å². The van der Waals surface area contributed by atoms with E-state index < -0.39 is 5.54 Å². The molecule has 1 atom stereocenters. The molecule has 0 unspecified atom stereocenters. The van der Waals surface area contributed by atoms with Crippen molar-refractivity contribution >= 4 is 29.3 Å². The third kappa shape index (κ3) is 4.68. The van der Waals surface area contributed by atoms with Crippen LogP contribution < -0.4 is 14.4 Å². The van der Waals surface area contributed by atoms with Crippen molar-refractivity contribution in [3.05, 3.63) is 94.0 Å². The quantitative estimate of drug-likeness (QED) is 0.356. The van der Waals surface area contributed by atoms with Crippen molar-refractivity contribution in [3.63, 3.8) is 0 Å². The summed E-state index contributed by atoms with van der Waals surface area (Å²) in [6, 6.07) is 20.0. The lowest BCUT2D eigenvalue weighted by Gasteiger charge is -2.51. The number of carbonyl (C=O) groups excluding carboxylic acids is 1. The summed E-state index contributed by atoms with van der Waals surface area (Å²) in [5.74, 6) is 1.21. The number of ether oxygens (including phenoxy) is 2. The van der Waals surface area contributed by atoms with Crippen LogP contribution >= 0.6 is 11.6 Å². The van der Waals surface area contributed by atoms with Crippen LogP contribution in [0.1, 0.15) is 49.4 Å². The van der Waals surface area contributed by atoms with E-state index in [1.165, 1.54) is 5.56 Å². The Kier molecular flexibility index (Phi) is 6.70. The number of carbonyl (C=O) groups is 1. The lowest BCUT2D eigenvalue weighted by atomic mass is 9.65. The summed E-state index contributed by atoms with van der Waals surface area (Å²) in [5.41, 5.74) is 4.61. The number of aryl methyl sites for hydroxylation is 1. The number of fused-ring (bicyclic) bond motifs is 1. The van der Waals surface area contributed by atoms with Crippen molar-refractivity contribution in [1.29, 1.82) is 0 Å². The van der Waals surface area contributed by atoms with Gasteiger partial charge in [0.15, 0.2) is 11.5 Å². The highest BCUT2D eigenvalue weighted by atomic mass is 35.5. The number of methoxy groups -OCH3 is 2. The molecule has 1 aliphatic heterocycles. The number of benzene rings is 3. The fraction of sp³-hybridized carbons (Fsp3) is 0.300. The van der Waals surface area contributed by atoms with Gasteiger partial charge in [-0.05, 0) is 80.3 Å². The van der Waals surface area contributed by atoms with E-state index in [0.29, 0.717) is 16.5 Å². The number of hydrogen-bond acceptors (Lipinski definition) is 3. The van der Waals surface area contributed by atoms with Crippen LogP contribution in [0.3, 0.4) is 0 Å². The Bertz CT molecular complexity index is 1280. The second-order valence-corrected chi connectivity index (χ2v) is 10.4. The Morgan fingerprint density at radius 3 is 2.29 bits per heavy atom. The van der Waals surface area contributed by atoms with Crippen LogP contribution in [0.5, 0.6) is 11.5 Å². The van der Waals surface area contributed by atoms with Crippen LogP contribution in [0.25, 0.3) is 6.08 Å². The Balaban J connectivity index is 1.75. The van der Waals surface area contributed by atoms with Crippen LogP contribution in [-0.2, 0) is 10.2 Å². The SMILES string of the molecule is COc1ccc(/C=C\C(=O)N2c3ccc(C)cc3[C@@](C)(c3ccc(Cl)cc3)CC2(C)C)cc1OC. The fourth-order valence-corrected chi connectivity index (χ4v) is 5.47. The molecule has 4 nitrogen and oxygen atoms in total. The van der Waals surface area contributed by atoms with E-state index in [2.05, 4.69) is 58.0 Å². The third-order valence-electron chi connectivity index (χ3n) is 6.91. The number of amides is 1. The van der Waals surface area contributed by atoms with E-state index in [0.717, 1.165) is 28.8 Å². The minimum Gasteiger partial charge on any atom is -0.493 e. The van der Waals surface area contributed by atoms with Gasteiger partial charge in [-0.1, -0.05) is 54.4 Å². The predicted molar refractivity (Wildman–Crippen MR) is 144 cm³/mol. The molecule has 0 N–H and O–H groups in total. The number of halogens is 1. The van der Waals surface area contributed by atoms with Crippen molar-refractivity contribution in [3.8, 4) is 11.5 Å². The summed E-state index contributed by atoms with van der Waals surface area (Å²) in [5, 5.41) is 0.717. The molecule has 0 saturated carbocycles. The first-order chi connectivity index (χ1) is 16.6. The van der Waals surface area contributed by atoms with Crippen molar-refractivity contribution < 1.29 is 14.3 Å². The molecule has 0 aromatic heterocycles. The molecule has 182 valence electrons. The molecule has 5 heteroatoms. The van der Waals surface area contributed by atoms with Crippen molar-refractivity contribution in [2.24, 2.45) is 0 Å². The van der Waals surface area contributed by atoms with Crippen molar-refractivity contribution in [1.82, 2.24) is 0 Å². The van der Waals surface area contributed by atoms with Crippen LogP contribution in [0.15, 0.2) is 66.7 Å². The molecule has 4 rings (SSSR count). The average molecular weight is 490 g/mol. The van der Waals surface area contributed by atoms with E-state index in [4.69, 9.17) is 21.1 Å². The van der Waals surface area contributed by atoms with Gasteiger partial charge in [-0.3, -0.25) is 4.79 Å². The molecule has 0 spiro atoms. The summed E-state index contributed by atoms with van der Waals surface area (Å²) in [7, 11) is 3.20. The van der Waals surface area contributed by atoms with E-state index in [1.807, 2.05) is 41.3 Å². The highest BCUT2D eigenvalue weighted by molar-refractivity contribution is 6.30. The predicted octanol–water partition coefficient (Wildman–Crippen LogP) is 7.20. The van der Waals surface area contributed by atoms with Crippen LogP contribution in [0.2, 0.25) is 5.02 Å². The van der Waals surface area contributed by atoms with Crippen molar-refractivity contribution in [2.45, 2.75) is 45.1 Å². The van der Waals surface area contributed by atoms with Crippen LogP contribution in [0, 0.1) is 6.92 Å². The summed E-state index contributed by atoms with van der Waals surface area (Å²) in [6.07, 6.45) is 4.23. The first-order valence-corrected chi connectivity index (χ1v) is 12.1. The van der Waals surface area contributed by atoms with Gasteiger partial charge in [-0.25, -0.2) is 0 Å². The number of hydrogen-bond donors (Lipinski definition) is 0. The Morgan fingerprint density at radius 2 is 1.63 bits per heavy atom. The second-order valence-electron chi connectivity index (χ2n) is 9.97. The molecule has 1 amide bonds.